The third kappa shape index (κ3) is 3.95. The Labute approximate surface area is 184 Å². The van der Waals surface area contributed by atoms with Crippen LogP contribution in [-0.2, 0) is 0 Å². The average Bonchev–Trinajstić information content (AvgIpc) is 3.35. The second-order valence-electron chi connectivity index (χ2n) is 6.93. The zero-order valence-corrected chi connectivity index (χ0v) is 18.9. The van der Waals surface area contributed by atoms with Gasteiger partial charge in [0.05, 0.1) is 21.3 Å². The Bertz CT molecular complexity index is 1050. The first-order chi connectivity index (χ1) is 14.6. The Morgan fingerprint density at radius 1 is 1.03 bits per heavy atom. The van der Waals surface area contributed by atoms with Crippen molar-refractivity contribution in [3.8, 4) is 0 Å². The van der Waals surface area contributed by atoms with Gasteiger partial charge < -0.3 is 9.80 Å². The van der Waals surface area contributed by atoms with E-state index in [1.54, 1.807) is 22.4 Å². The van der Waals surface area contributed by atoms with Gasteiger partial charge in [0, 0.05) is 26.3 Å². The molecule has 4 aromatic rings. The molecule has 30 heavy (non-hydrogen) atoms. The molecular formula is C23H24N4OS2. The maximum Gasteiger partial charge on any atom is 0.264 e. The molecule has 0 radical (unpaired) electrons. The van der Waals surface area contributed by atoms with Gasteiger partial charge >= 0.3 is 0 Å². The van der Waals surface area contributed by atoms with E-state index >= 15 is 0 Å². The molecule has 1 atom stereocenters. The van der Waals surface area contributed by atoms with Crippen LogP contribution >= 0.6 is 22.7 Å². The number of amides is 1. The largest absolute Gasteiger partial charge is 0.349 e. The first-order valence-electron chi connectivity index (χ1n) is 10.0. The molecule has 154 valence electrons. The summed E-state index contributed by atoms with van der Waals surface area (Å²) in [5.41, 5.74) is 1.88. The van der Waals surface area contributed by atoms with E-state index in [-0.39, 0.29) is 11.9 Å². The third-order valence-electron chi connectivity index (χ3n) is 5.11. The van der Waals surface area contributed by atoms with Crippen molar-refractivity contribution >= 4 is 43.2 Å². The highest BCUT2D eigenvalue weighted by Gasteiger charge is 2.27. The Kier molecular flexibility index (Phi) is 6.11. The van der Waals surface area contributed by atoms with Crippen molar-refractivity contribution in [1.29, 1.82) is 0 Å². The second kappa shape index (κ2) is 8.93. The minimum Gasteiger partial charge on any atom is -0.349 e. The third-order valence-corrected chi connectivity index (χ3v) is 7.32. The van der Waals surface area contributed by atoms with Crippen molar-refractivity contribution in [3.63, 3.8) is 0 Å². The lowest BCUT2D eigenvalue weighted by Crippen LogP contribution is -2.32. The maximum atomic E-state index is 13.4. The van der Waals surface area contributed by atoms with Crippen LogP contribution in [0.1, 0.15) is 40.8 Å². The summed E-state index contributed by atoms with van der Waals surface area (Å²) >= 11 is 3.11. The number of thiophene rings is 1. The molecule has 0 saturated carbocycles. The number of fused-ring (bicyclic) bond motifs is 1. The lowest BCUT2D eigenvalue weighted by Gasteiger charge is -2.28. The predicted octanol–water partition coefficient (Wildman–Crippen LogP) is 5.46. The molecule has 7 heteroatoms. The number of thiazole rings is 1. The van der Waals surface area contributed by atoms with Crippen LogP contribution in [0.15, 0.2) is 60.8 Å². The van der Waals surface area contributed by atoms with Gasteiger partial charge in [0.1, 0.15) is 4.83 Å². The monoisotopic (exact) mass is 436 g/mol. The number of pyridine rings is 1. The van der Waals surface area contributed by atoms with E-state index in [1.807, 2.05) is 61.6 Å². The normalized spacial score (nSPS) is 12.1. The molecule has 0 aliphatic rings. The summed E-state index contributed by atoms with van der Waals surface area (Å²) in [6, 6.07) is 17.6. The molecule has 0 saturated heterocycles. The highest BCUT2D eigenvalue weighted by Crippen LogP contribution is 2.36. The fourth-order valence-corrected chi connectivity index (χ4v) is 5.84. The standard InChI is InChI=1S/C23H24N4OS2/c1-4-27(5-2)23-25-21-18(30-23)15-19(29-21)22(28)26(3)20(16-11-7-6-8-12-16)17-13-9-10-14-24-17/h6-15,20H,4-5H2,1-3H3. The van der Waals surface area contributed by atoms with E-state index in [4.69, 9.17) is 4.98 Å². The molecule has 1 amide bonds. The van der Waals surface area contributed by atoms with E-state index in [1.165, 1.54) is 11.3 Å². The minimum atomic E-state index is -0.251. The Balaban J connectivity index is 1.66. The van der Waals surface area contributed by atoms with E-state index in [9.17, 15) is 4.79 Å². The van der Waals surface area contributed by atoms with Gasteiger partial charge in [0.25, 0.3) is 5.91 Å². The number of carbonyl (C=O) groups is 1. The first kappa shape index (κ1) is 20.5. The molecule has 4 rings (SSSR count). The summed E-state index contributed by atoms with van der Waals surface area (Å²) in [5.74, 6) is -0.0194. The van der Waals surface area contributed by atoms with Crippen molar-refractivity contribution < 1.29 is 4.79 Å². The number of carbonyl (C=O) groups excluding carboxylic acids is 1. The molecule has 3 aromatic heterocycles. The van der Waals surface area contributed by atoms with Gasteiger partial charge in [-0.25, -0.2) is 4.98 Å². The maximum absolute atomic E-state index is 13.4. The van der Waals surface area contributed by atoms with E-state index in [2.05, 4.69) is 23.7 Å². The zero-order chi connectivity index (χ0) is 21.1. The summed E-state index contributed by atoms with van der Waals surface area (Å²) in [6.45, 7) is 6.11. The number of nitrogens with zero attached hydrogens (tertiary/aromatic N) is 4. The van der Waals surface area contributed by atoms with Gasteiger partial charge in [0.15, 0.2) is 5.13 Å². The van der Waals surface area contributed by atoms with Crippen LogP contribution in [0.3, 0.4) is 0 Å². The van der Waals surface area contributed by atoms with Crippen LogP contribution in [0.25, 0.3) is 9.53 Å². The van der Waals surface area contributed by atoms with E-state index in [0.29, 0.717) is 4.88 Å². The number of hydrogen-bond donors (Lipinski definition) is 0. The number of aromatic nitrogens is 2. The summed E-state index contributed by atoms with van der Waals surface area (Å²) in [6.07, 6.45) is 1.77. The average molecular weight is 437 g/mol. The molecule has 5 nitrogen and oxygen atoms in total. The van der Waals surface area contributed by atoms with Crippen LogP contribution in [0.2, 0.25) is 0 Å². The summed E-state index contributed by atoms with van der Waals surface area (Å²) in [7, 11) is 1.84. The molecule has 0 bridgehead atoms. The summed E-state index contributed by atoms with van der Waals surface area (Å²) in [4.78, 5) is 28.3. The van der Waals surface area contributed by atoms with Gasteiger partial charge in [0.2, 0.25) is 0 Å². The van der Waals surface area contributed by atoms with Crippen molar-refractivity contribution in [3.05, 3.63) is 76.9 Å². The highest BCUT2D eigenvalue weighted by atomic mass is 32.1. The van der Waals surface area contributed by atoms with Crippen LogP contribution in [0.5, 0.6) is 0 Å². The topological polar surface area (TPSA) is 49.3 Å². The summed E-state index contributed by atoms with van der Waals surface area (Å²) in [5, 5.41) is 1.02. The highest BCUT2D eigenvalue weighted by molar-refractivity contribution is 7.29. The lowest BCUT2D eigenvalue weighted by atomic mass is 10.0. The smallest absolute Gasteiger partial charge is 0.264 e. The van der Waals surface area contributed by atoms with Gasteiger partial charge in [-0.15, -0.1) is 11.3 Å². The van der Waals surface area contributed by atoms with Gasteiger partial charge in [-0.3, -0.25) is 9.78 Å². The Morgan fingerprint density at radius 2 is 1.77 bits per heavy atom. The molecule has 0 N–H and O–H groups in total. The zero-order valence-electron chi connectivity index (χ0n) is 17.3. The van der Waals surface area contributed by atoms with Crippen LogP contribution in [-0.4, -0.2) is 40.9 Å². The van der Waals surface area contributed by atoms with Gasteiger partial charge in [-0.2, -0.15) is 0 Å². The predicted molar refractivity (Wildman–Crippen MR) is 126 cm³/mol. The second-order valence-corrected chi connectivity index (χ2v) is 8.97. The van der Waals surface area contributed by atoms with Crippen LogP contribution < -0.4 is 4.90 Å². The quantitative estimate of drug-likeness (QED) is 0.386. The molecule has 0 aliphatic heterocycles. The van der Waals surface area contributed by atoms with Crippen LogP contribution in [0, 0.1) is 0 Å². The molecule has 1 aromatic carbocycles. The van der Waals surface area contributed by atoms with Crippen molar-refractivity contribution in [1.82, 2.24) is 14.9 Å². The van der Waals surface area contributed by atoms with Crippen molar-refractivity contribution in [2.45, 2.75) is 19.9 Å². The van der Waals surface area contributed by atoms with E-state index in [0.717, 1.165) is 39.0 Å². The molecule has 0 spiro atoms. The van der Waals surface area contributed by atoms with Crippen molar-refractivity contribution in [2.24, 2.45) is 0 Å². The Morgan fingerprint density at radius 3 is 2.40 bits per heavy atom. The van der Waals surface area contributed by atoms with Crippen LogP contribution in [0.4, 0.5) is 5.13 Å². The molecule has 1 unspecified atom stereocenters. The fraction of sp³-hybridized carbons (Fsp3) is 0.261. The van der Waals surface area contributed by atoms with Gasteiger partial charge in [-0.05, 0) is 37.6 Å². The van der Waals surface area contributed by atoms with E-state index < -0.39 is 0 Å². The molecule has 3 heterocycles. The summed E-state index contributed by atoms with van der Waals surface area (Å²) < 4.78 is 1.06. The number of rotatable bonds is 7. The van der Waals surface area contributed by atoms with Gasteiger partial charge in [-0.1, -0.05) is 47.7 Å². The number of benzene rings is 1. The molecular weight excluding hydrogens is 412 g/mol. The Hall–Kier alpha value is -2.77. The first-order valence-corrected chi connectivity index (χ1v) is 11.6. The minimum absolute atomic E-state index is 0.0194. The molecule has 0 fully saturated rings. The van der Waals surface area contributed by atoms with Crippen molar-refractivity contribution in [2.75, 3.05) is 25.0 Å². The lowest BCUT2D eigenvalue weighted by molar-refractivity contribution is 0.0757. The number of hydrogen-bond acceptors (Lipinski definition) is 6. The SMILES string of the molecule is CCN(CC)c1nc2sc(C(=O)N(C)C(c3ccccc3)c3ccccn3)cc2s1. The number of anilines is 1. The fourth-order valence-electron chi connectivity index (χ4n) is 3.52. The molecule has 0 aliphatic carbocycles.